The molecular formula is C51H35NO. The monoisotopic (exact) mass is 677 g/mol. The van der Waals surface area contributed by atoms with Crippen LogP contribution >= 0.6 is 0 Å². The average Bonchev–Trinajstić information content (AvgIpc) is 3.83. The van der Waals surface area contributed by atoms with Gasteiger partial charge in [-0.15, -0.1) is 0 Å². The molecule has 53 heavy (non-hydrogen) atoms. The Morgan fingerprint density at radius 2 is 1.02 bits per heavy atom. The zero-order valence-electron chi connectivity index (χ0n) is 29.6. The number of para-hydroxylation sites is 1. The predicted octanol–water partition coefficient (Wildman–Crippen LogP) is 14.0. The molecule has 2 heteroatoms. The van der Waals surface area contributed by atoms with Gasteiger partial charge in [-0.25, -0.2) is 0 Å². The van der Waals surface area contributed by atoms with E-state index < -0.39 is 0 Å². The predicted molar refractivity (Wildman–Crippen MR) is 222 cm³/mol. The van der Waals surface area contributed by atoms with E-state index in [9.17, 15) is 0 Å². The van der Waals surface area contributed by atoms with Crippen molar-refractivity contribution in [2.24, 2.45) is 0 Å². The SMILES string of the molecule is CC1(C)c2ccccc2-c2ccc(-c3ccc4c(c3)oc3cccc(-n5c6ccccc6c6ccc(-c7cccc(-c8ccccc8)c7)cc65)c34)cc21. The van der Waals surface area contributed by atoms with Gasteiger partial charge in [0.25, 0.3) is 0 Å². The molecular weight excluding hydrogens is 643 g/mol. The second kappa shape index (κ2) is 11.2. The second-order valence-electron chi connectivity index (χ2n) is 14.9. The first-order valence-corrected chi connectivity index (χ1v) is 18.4. The maximum Gasteiger partial charge on any atom is 0.137 e. The molecule has 0 bridgehead atoms. The lowest BCUT2D eigenvalue weighted by atomic mass is 9.81. The van der Waals surface area contributed by atoms with Gasteiger partial charge in [0.15, 0.2) is 0 Å². The highest BCUT2D eigenvalue weighted by Crippen LogP contribution is 2.50. The molecule has 0 amide bonds. The van der Waals surface area contributed by atoms with E-state index in [1.54, 1.807) is 0 Å². The number of hydrogen-bond donors (Lipinski definition) is 0. The van der Waals surface area contributed by atoms with Crippen LogP contribution in [0.4, 0.5) is 0 Å². The molecule has 0 aliphatic heterocycles. The minimum Gasteiger partial charge on any atom is -0.456 e. The largest absolute Gasteiger partial charge is 0.456 e. The smallest absolute Gasteiger partial charge is 0.137 e. The van der Waals surface area contributed by atoms with Gasteiger partial charge in [-0.3, -0.25) is 0 Å². The summed E-state index contributed by atoms with van der Waals surface area (Å²) in [6.07, 6.45) is 0. The average molecular weight is 678 g/mol. The zero-order chi connectivity index (χ0) is 35.3. The molecule has 0 spiro atoms. The van der Waals surface area contributed by atoms with Crippen molar-refractivity contribution in [2.45, 2.75) is 19.3 Å². The quantitative estimate of drug-likeness (QED) is 0.181. The lowest BCUT2D eigenvalue weighted by Crippen LogP contribution is -2.14. The van der Waals surface area contributed by atoms with Crippen LogP contribution < -0.4 is 0 Å². The van der Waals surface area contributed by atoms with Crippen LogP contribution in [-0.2, 0) is 5.41 Å². The molecule has 250 valence electrons. The number of benzene rings is 8. The summed E-state index contributed by atoms with van der Waals surface area (Å²) in [5.74, 6) is 0. The molecule has 0 fully saturated rings. The van der Waals surface area contributed by atoms with E-state index in [2.05, 4.69) is 194 Å². The van der Waals surface area contributed by atoms with Crippen molar-refractivity contribution in [1.82, 2.24) is 4.57 Å². The van der Waals surface area contributed by atoms with E-state index >= 15 is 0 Å². The molecule has 0 N–H and O–H groups in total. The summed E-state index contributed by atoms with van der Waals surface area (Å²) in [5.41, 5.74) is 17.8. The van der Waals surface area contributed by atoms with Crippen molar-refractivity contribution in [2.75, 3.05) is 0 Å². The van der Waals surface area contributed by atoms with Gasteiger partial charge in [-0.1, -0.05) is 141 Å². The summed E-state index contributed by atoms with van der Waals surface area (Å²) < 4.78 is 9.13. The number of fused-ring (bicyclic) bond motifs is 9. The van der Waals surface area contributed by atoms with Crippen LogP contribution in [0.25, 0.3) is 93.9 Å². The van der Waals surface area contributed by atoms with E-state index in [1.807, 2.05) is 0 Å². The molecule has 1 aliphatic carbocycles. The molecule has 2 heterocycles. The Morgan fingerprint density at radius 3 is 1.91 bits per heavy atom. The third-order valence-corrected chi connectivity index (χ3v) is 11.6. The number of nitrogens with zero attached hydrogens (tertiary/aromatic N) is 1. The molecule has 1 aliphatic rings. The molecule has 0 unspecified atom stereocenters. The summed E-state index contributed by atoms with van der Waals surface area (Å²) in [6.45, 7) is 4.68. The summed E-state index contributed by atoms with van der Waals surface area (Å²) in [4.78, 5) is 0. The fraction of sp³-hybridized carbons (Fsp3) is 0.0588. The topological polar surface area (TPSA) is 18.1 Å². The maximum atomic E-state index is 6.70. The highest BCUT2D eigenvalue weighted by atomic mass is 16.3. The molecule has 11 rings (SSSR count). The lowest BCUT2D eigenvalue weighted by Gasteiger charge is -2.22. The maximum absolute atomic E-state index is 6.70. The van der Waals surface area contributed by atoms with Crippen molar-refractivity contribution >= 4 is 43.7 Å². The third-order valence-electron chi connectivity index (χ3n) is 11.6. The number of aromatic nitrogens is 1. The Kier molecular flexibility index (Phi) is 6.33. The highest BCUT2D eigenvalue weighted by Gasteiger charge is 2.35. The van der Waals surface area contributed by atoms with E-state index in [0.29, 0.717) is 0 Å². The fourth-order valence-electron chi connectivity index (χ4n) is 8.98. The van der Waals surface area contributed by atoms with Gasteiger partial charge in [0.05, 0.1) is 22.1 Å². The van der Waals surface area contributed by atoms with E-state index in [4.69, 9.17) is 4.42 Å². The molecule has 10 aromatic rings. The van der Waals surface area contributed by atoms with Crippen LogP contribution in [0.15, 0.2) is 180 Å². The van der Waals surface area contributed by atoms with Gasteiger partial charge in [0.2, 0.25) is 0 Å². The first-order valence-electron chi connectivity index (χ1n) is 18.4. The molecule has 0 saturated carbocycles. The molecule has 0 atom stereocenters. The van der Waals surface area contributed by atoms with Crippen molar-refractivity contribution in [1.29, 1.82) is 0 Å². The van der Waals surface area contributed by atoms with E-state index in [-0.39, 0.29) is 5.41 Å². The Bertz CT molecular complexity index is 3080. The highest BCUT2D eigenvalue weighted by molar-refractivity contribution is 6.15. The Balaban J connectivity index is 1.07. The van der Waals surface area contributed by atoms with Crippen LogP contribution in [0.5, 0.6) is 0 Å². The van der Waals surface area contributed by atoms with Gasteiger partial charge in [0.1, 0.15) is 11.2 Å². The normalized spacial score (nSPS) is 13.2. The lowest BCUT2D eigenvalue weighted by molar-refractivity contribution is 0.660. The van der Waals surface area contributed by atoms with Crippen molar-refractivity contribution in [3.05, 3.63) is 187 Å². The van der Waals surface area contributed by atoms with Crippen LogP contribution in [0.1, 0.15) is 25.0 Å². The number of furan rings is 1. The summed E-state index contributed by atoms with van der Waals surface area (Å²) in [6, 6.07) is 64.1. The summed E-state index contributed by atoms with van der Waals surface area (Å²) >= 11 is 0. The summed E-state index contributed by atoms with van der Waals surface area (Å²) in [5, 5.41) is 4.71. The standard InChI is InChI=1S/C51H35NO/c1-51(2)43-18-8-6-16-38(43)39-25-22-35(29-44(39)51)37-24-27-42-49(31-37)53-48-21-11-20-46(50(42)48)52-45-19-9-7-17-40(45)41-26-23-36(30-47(41)52)34-15-10-14-33(28-34)32-12-4-3-5-13-32/h3-31H,1-2H3. The van der Waals surface area contributed by atoms with Gasteiger partial charge in [-0.2, -0.15) is 0 Å². The zero-order valence-corrected chi connectivity index (χ0v) is 29.6. The van der Waals surface area contributed by atoms with Crippen molar-refractivity contribution in [3.8, 4) is 50.2 Å². The number of rotatable bonds is 4. The van der Waals surface area contributed by atoms with Gasteiger partial charge in [0, 0.05) is 21.6 Å². The first kappa shape index (κ1) is 30.0. The Morgan fingerprint density at radius 1 is 0.396 bits per heavy atom. The van der Waals surface area contributed by atoms with Crippen LogP contribution in [0, 0.1) is 0 Å². The first-order chi connectivity index (χ1) is 26.0. The fourth-order valence-corrected chi connectivity index (χ4v) is 8.98. The van der Waals surface area contributed by atoms with Crippen LogP contribution in [0.2, 0.25) is 0 Å². The second-order valence-corrected chi connectivity index (χ2v) is 14.9. The molecule has 0 saturated heterocycles. The molecule has 8 aromatic carbocycles. The molecule has 2 aromatic heterocycles. The van der Waals surface area contributed by atoms with Crippen LogP contribution in [0.3, 0.4) is 0 Å². The van der Waals surface area contributed by atoms with Gasteiger partial charge in [-0.05, 0) is 104 Å². The Hall–Kier alpha value is -6.64. The Labute approximate surface area is 308 Å². The minimum atomic E-state index is -0.0484. The number of hydrogen-bond acceptors (Lipinski definition) is 1. The minimum absolute atomic E-state index is 0.0484. The van der Waals surface area contributed by atoms with Gasteiger partial charge >= 0.3 is 0 Å². The summed E-state index contributed by atoms with van der Waals surface area (Å²) in [7, 11) is 0. The third kappa shape index (κ3) is 4.45. The van der Waals surface area contributed by atoms with Crippen molar-refractivity contribution < 1.29 is 4.42 Å². The van der Waals surface area contributed by atoms with Crippen molar-refractivity contribution in [3.63, 3.8) is 0 Å². The van der Waals surface area contributed by atoms with Crippen LogP contribution in [-0.4, -0.2) is 4.57 Å². The van der Waals surface area contributed by atoms with Gasteiger partial charge < -0.3 is 8.98 Å². The molecule has 0 radical (unpaired) electrons. The van der Waals surface area contributed by atoms with E-state index in [1.165, 1.54) is 71.9 Å². The van der Waals surface area contributed by atoms with E-state index in [0.717, 1.165) is 33.2 Å². The molecule has 2 nitrogen and oxygen atoms in total.